The summed E-state index contributed by atoms with van der Waals surface area (Å²) >= 11 is 1.37. The van der Waals surface area contributed by atoms with Gasteiger partial charge in [0.05, 0.1) is 5.69 Å². The zero-order valence-electron chi connectivity index (χ0n) is 9.78. The van der Waals surface area contributed by atoms with E-state index in [1.165, 1.54) is 24.2 Å². The third-order valence-electron chi connectivity index (χ3n) is 2.70. The van der Waals surface area contributed by atoms with Crippen molar-refractivity contribution in [1.82, 2.24) is 5.32 Å². The molecule has 4 nitrogen and oxygen atoms in total. The molecule has 0 atom stereocenters. The van der Waals surface area contributed by atoms with E-state index in [1.54, 1.807) is 6.07 Å². The first-order chi connectivity index (χ1) is 8.27. The maximum absolute atomic E-state index is 11.7. The van der Waals surface area contributed by atoms with E-state index in [4.69, 9.17) is 10.5 Å². The Kier molecular flexibility index (Phi) is 4.39. The summed E-state index contributed by atoms with van der Waals surface area (Å²) < 4.78 is 5.48. The Morgan fingerprint density at radius 1 is 1.59 bits per heavy atom. The van der Waals surface area contributed by atoms with Gasteiger partial charge in [0.1, 0.15) is 4.88 Å². The highest BCUT2D eigenvalue weighted by Gasteiger charge is 2.20. The van der Waals surface area contributed by atoms with Gasteiger partial charge in [0.25, 0.3) is 5.91 Å². The molecule has 0 unspecified atom stereocenters. The van der Waals surface area contributed by atoms with Crippen LogP contribution in [0.25, 0.3) is 0 Å². The number of carbonyl (C=O) groups is 1. The number of nitrogen functional groups attached to an aromatic ring is 1. The average molecular weight is 254 g/mol. The molecule has 1 aliphatic rings. The van der Waals surface area contributed by atoms with E-state index in [0.29, 0.717) is 17.1 Å². The predicted molar refractivity (Wildman–Crippen MR) is 69.2 cm³/mol. The molecule has 1 fully saturated rings. The van der Waals surface area contributed by atoms with Crippen LogP contribution >= 0.6 is 11.3 Å². The fourth-order valence-electron chi connectivity index (χ4n) is 1.49. The van der Waals surface area contributed by atoms with E-state index in [2.05, 4.69) is 5.32 Å². The van der Waals surface area contributed by atoms with Crippen molar-refractivity contribution < 1.29 is 9.53 Å². The van der Waals surface area contributed by atoms with Crippen LogP contribution in [0.5, 0.6) is 0 Å². The van der Waals surface area contributed by atoms with Gasteiger partial charge in [-0.15, -0.1) is 11.3 Å². The second kappa shape index (κ2) is 6.02. The minimum Gasteiger partial charge on any atom is -0.397 e. The second-order valence-corrected chi connectivity index (χ2v) is 5.25. The average Bonchev–Trinajstić information content (AvgIpc) is 3.04. The molecular weight excluding hydrogens is 236 g/mol. The Bertz CT molecular complexity index is 374. The molecule has 0 aromatic carbocycles. The predicted octanol–water partition coefficient (Wildman–Crippen LogP) is 1.88. The first-order valence-corrected chi connectivity index (χ1v) is 6.84. The van der Waals surface area contributed by atoms with Gasteiger partial charge >= 0.3 is 0 Å². The number of nitrogens with one attached hydrogen (secondary N) is 1. The van der Waals surface area contributed by atoms with Crippen LogP contribution in [-0.2, 0) is 4.74 Å². The molecule has 1 heterocycles. The minimum atomic E-state index is -0.0836. The summed E-state index contributed by atoms with van der Waals surface area (Å²) in [5.41, 5.74) is 6.21. The third kappa shape index (κ3) is 4.02. The van der Waals surface area contributed by atoms with Crippen LogP contribution in [0.3, 0.4) is 0 Å². The highest BCUT2D eigenvalue weighted by Crippen LogP contribution is 2.28. The fourth-order valence-corrected chi connectivity index (χ4v) is 2.23. The summed E-state index contributed by atoms with van der Waals surface area (Å²) in [5.74, 6) is 0.718. The smallest absolute Gasteiger partial charge is 0.263 e. The van der Waals surface area contributed by atoms with Crippen LogP contribution in [0, 0.1) is 5.92 Å². The van der Waals surface area contributed by atoms with Gasteiger partial charge in [-0.3, -0.25) is 4.79 Å². The first kappa shape index (κ1) is 12.4. The lowest BCUT2D eigenvalue weighted by molar-refractivity contribution is 0.0942. The second-order valence-electron chi connectivity index (χ2n) is 4.33. The van der Waals surface area contributed by atoms with Gasteiger partial charge in [0, 0.05) is 19.8 Å². The molecular formula is C12H18N2O2S. The number of rotatable bonds is 7. The monoisotopic (exact) mass is 254 g/mol. The summed E-state index contributed by atoms with van der Waals surface area (Å²) in [7, 11) is 0. The van der Waals surface area contributed by atoms with E-state index < -0.39 is 0 Å². The van der Waals surface area contributed by atoms with Gasteiger partial charge in [-0.2, -0.15) is 0 Å². The third-order valence-corrected chi connectivity index (χ3v) is 3.63. The van der Waals surface area contributed by atoms with E-state index in [9.17, 15) is 4.79 Å². The molecule has 94 valence electrons. The molecule has 0 spiro atoms. The molecule has 1 aromatic heterocycles. The largest absolute Gasteiger partial charge is 0.397 e. The standard InChI is InChI=1S/C12H18N2O2S/c13-10-4-7-17-11(10)12(15)14-5-1-6-16-8-9-2-3-9/h4,7,9H,1-3,5-6,8,13H2,(H,14,15). The Balaban J connectivity index is 1.55. The van der Waals surface area contributed by atoms with Gasteiger partial charge in [-0.05, 0) is 36.6 Å². The Morgan fingerprint density at radius 2 is 2.41 bits per heavy atom. The molecule has 0 aliphatic heterocycles. The van der Waals surface area contributed by atoms with E-state index in [1.807, 2.05) is 5.38 Å². The fraction of sp³-hybridized carbons (Fsp3) is 0.583. The van der Waals surface area contributed by atoms with Crippen molar-refractivity contribution in [3.05, 3.63) is 16.3 Å². The zero-order valence-corrected chi connectivity index (χ0v) is 10.6. The van der Waals surface area contributed by atoms with Crippen molar-refractivity contribution in [3.63, 3.8) is 0 Å². The van der Waals surface area contributed by atoms with Crippen LogP contribution in [0.4, 0.5) is 5.69 Å². The Hall–Kier alpha value is -1.07. The van der Waals surface area contributed by atoms with E-state index >= 15 is 0 Å². The Labute approximate surface area is 105 Å². The molecule has 17 heavy (non-hydrogen) atoms. The van der Waals surface area contributed by atoms with Crippen molar-refractivity contribution in [2.45, 2.75) is 19.3 Å². The van der Waals surface area contributed by atoms with Crippen LogP contribution < -0.4 is 11.1 Å². The number of thiophene rings is 1. The van der Waals surface area contributed by atoms with Crippen LogP contribution in [0.2, 0.25) is 0 Å². The topological polar surface area (TPSA) is 64.4 Å². The molecule has 1 amide bonds. The van der Waals surface area contributed by atoms with Gasteiger partial charge < -0.3 is 15.8 Å². The molecule has 2 rings (SSSR count). The van der Waals surface area contributed by atoms with Crippen molar-refractivity contribution >= 4 is 22.9 Å². The number of nitrogens with two attached hydrogens (primary N) is 1. The highest BCUT2D eigenvalue weighted by molar-refractivity contribution is 7.12. The quantitative estimate of drug-likeness (QED) is 0.730. The summed E-state index contributed by atoms with van der Waals surface area (Å²) in [6.45, 7) is 2.24. The number of amides is 1. The molecule has 1 aliphatic carbocycles. The summed E-state index contributed by atoms with van der Waals surface area (Å²) in [5, 5.41) is 4.66. The summed E-state index contributed by atoms with van der Waals surface area (Å²) in [4.78, 5) is 12.3. The number of anilines is 1. The normalized spacial score (nSPS) is 14.8. The highest BCUT2D eigenvalue weighted by atomic mass is 32.1. The Morgan fingerprint density at radius 3 is 3.06 bits per heavy atom. The molecule has 5 heteroatoms. The minimum absolute atomic E-state index is 0.0836. The van der Waals surface area contributed by atoms with Crippen LogP contribution in [0.15, 0.2) is 11.4 Å². The van der Waals surface area contributed by atoms with Crippen molar-refractivity contribution in [2.24, 2.45) is 5.92 Å². The zero-order chi connectivity index (χ0) is 12.1. The molecule has 3 N–H and O–H groups in total. The van der Waals surface area contributed by atoms with Crippen LogP contribution in [-0.4, -0.2) is 25.7 Å². The van der Waals surface area contributed by atoms with Gasteiger partial charge in [-0.25, -0.2) is 0 Å². The van der Waals surface area contributed by atoms with Crippen LogP contribution in [0.1, 0.15) is 28.9 Å². The lowest BCUT2D eigenvalue weighted by atomic mass is 10.3. The number of carbonyl (C=O) groups excluding carboxylic acids is 1. The van der Waals surface area contributed by atoms with Gasteiger partial charge in [0.2, 0.25) is 0 Å². The summed E-state index contributed by atoms with van der Waals surface area (Å²) in [6.07, 6.45) is 3.48. The van der Waals surface area contributed by atoms with Crippen molar-refractivity contribution in [2.75, 3.05) is 25.5 Å². The van der Waals surface area contributed by atoms with E-state index in [-0.39, 0.29) is 5.91 Å². The van der Waals surface area contributed by atoms with E-state index in [0.717, 1.165) is 25.6 Å². The molecule has 1 aromatic rings. The first-order valence-electron chi connectivity index (χ1n) is 5.96. The lowest BCUT2D eigenvalue weighted by Crippen LogP contribution is -2.25. The SMILES string of the molecule is Nc1ccsc1C(=O)NCCCOCC1CC1. The molecule has 1 saturated carbocycles. The summed E-state index contributed by atoms with van der Waals surface area (Å²) in [6, 6.07) is 1.75. The maximum Gasteiger partial charge on any atom is 0.263 e. The van der Waals surface area contributed by atoms with Crippen molar-refractivity contribution in [1.29, 1.82) is 0 Å². The molecule has 0 radical (unpaired) electrons. The lowest BCUT2D eigenvalue weighted by Gasteiger charge is -2.05. The number of ether oxygens (including phenoxy) is 1. The van der Waals surface area contributed by atoms with Crippen molar-refractivity contribution in [3.8, 4) is 0 Å². The maximum atomic E-state index is 11.7. The number of hydrogen-bond acceptors (Lipinski definition) is 4. The van der Waals surface area contributed by atoms with Gasteiger partial charge in [-0.1, -0.05) is 0 Å². The molecule has 0 saturated heterocycles. The number of hydrogen-bond donors (Lipinski definition) is 2. The van der Waals surface area contributed by atoms with Gasteiger partial charge in [0.15, 0.2) is 0 Å². The molecule has 0 bridgehead atoms.